The van der Waals surface area contributed by atoms with Gasteiger partial charge in [-0.1, -0.05) is 23.2 Å². The van der Waals surface area contributed by atoms with Gasteiger partial charge in [-0.25, -0.2) is 4.68 Å². The van der Waals surface area contributed by atoms with Gasteiger partial charge in [0.1, 0.15) is 11.5 Å². The quantitative estimate of drug-likeness (QED) is 0.246. The summed E-state index contributed by atoms with van der Waals surface area (Å²) in [5.41, 5.74) is 2.95. The number of hydrogen-bond acceptors (Lipinski definition) is 3. The largest absolute Gasteiger partial charge is 0.435 e. The lowest BCUT2D eigenvalue weighted by molar-refractivity contribution is -0.0505. The van der Waals surface area contributed by atoms with E-state index in [-0.39, 0.29) is 11.5 Å². The van der Waals surface area contributed by atoms with Gasteiger partial charge in [0, 0.05) is 16.1 Å². The van der Waals surface area contributed by atoms with Crippen LogP contribution in [-0.4, -0.2) is 23.0 Å². The minimum atomic E-state index is -2.93. The molecule has 0 radical (unpaired) electrons. The van der Waals surface area contributed by atoms with Crippen molar-refractivity contribution in [2.75, 3.05) is 0 Å². The van der Waals surface area contributed by atoms with E-state index in [4.69, 9.17) is 23.2 Å². The third kappa shape index (κ3) is 5.40. The van der Waals surface area contributed by atoms with E-state index in [1.807, 2.05) is 0 Å². The van der Waals surface area contributed by atoms with Crippen molar-refractivity contribution in [2.24, 2.45) is 0 Å². The van der Waals surface area contributed by atoms with Gasteiger partial charge in [-0.05, 0) is 72.8 Å². The van der Waals surface area contributed by atoms with Gasteiger partial charge in [0.15, 0.2) is 0 Å². The number of nitrogens with zero attached hydrogens (tertiary/aromatic N) is 2. The van der Waals surface area contributed by atoms with Crippen molar-refractivity contribution in [3.8, 4) is 39.7 Å². The van der Waals surface area contributed by atoms with Gasteiger partial charge in [-0.2, -0.15) is 22.7 Å². The first-order valence-corrected chi connectivity index (χ1v) is 10.2. The first-order valence-electron chi connectivity index (χ1n) is 9.46. The summed E-state index contributed by atoms with van der Waals surface area (Å²) >= 11 is 12.4. The number of halogens is 6. The highest BCUT2D eigenvalue weighted by atomic mass is 35.5. The normalized spacial score (nSPS) is 11.3. The van der Waals surface area contributed by atoms with Crippen LogP contribution in [0.1, 0.15) is 0 Å². The SMILES string of the molecule is FC(F)Oc1ccc(-c2cc(-c3ccc(OC(F)F)cc3)n(-c3ccc(Cl)cc3Cl)n2)cc1. The summed E-state index contributed by atoms with van der Waals surface area (Å²) < 4.78 is 60.2. The van der Waals surface area contributed by atoms with Crippen LogP contribution in [-0.2, 0) is 0 Å². The summed E-state index contributed by atoms with van der Waals surface area (Å²) in [6.45, 7) is -5.86. The van der Waals surface area contributed by atoms with Crippen molar-refractivity contribution in [1.82, 2.24) is 9.78 Å². The monoisotopic (exact) mass is 496 g/mol. The van der Waals surface area contributed by atoms with Gasteiger partial charge in [0.25, 0.3) is 0 Å². The molecule has 1 aromatic heterocycles. The minimum absolute atomic E-state index is 0.0131. The smallest absolute Gasteiger partial charge is 0.387 e. The summed E-state index contributed by atoms with van der Waals surface area (Å²) in [6.07, 6.45) is 0. The van der Waals surface area contributed by atoms with Crippen molar-refractivity contribution in [2.45, 2.75) is 13.2 Å². The molecule has 0 aliphatic rings. The van der Waals surface area contributed by atoms with Gasteiger partial charge in [-0.3, -0.25) is 0 Å². The van der Waals surface area contributed by atoms with Crippen LogP contribution in [0.5, 0.6) is 11.5 Å². The number of aromatic nitrogens is 2. The summed E-state index contributed by atoms with van der Waals surface area (Å²) in [5.74, 6) is 0.0305. The minimum Gasteiger partial charge on any atom is -0.435 e. The van der Waals surface area contributed by atoms with Crippen molar-refractivity contribution in [3.05, 3.63) is 82.8 Å². The zero-order valence-corrected chi connectivity index (χ0v) is 18.1. The third-order valence-corrected chi connectivity index (χ3v) is 5.14. The molecule has 4 rings (SSSR count). The highest BCUT2D eigenvalue weighted by Gasteiger charge is 2.16. The van der Waals surface area contributed by atoms with Crippen LogP contribution in [0.4, 0.5) is 17.6 Å². The highest BCUT2D eigenvalue weighted by molar-refractivity contribution is 6.35. The van der Waals surface area contributed by atoms with E-state index < -0.39 is 13.2 Å². The lowest BCUT2D eigenvalue weighted by Crippen LogP contribution is -2.02. The van der Waals surface area contributed by atoms with Crippen LogP contribution in [0.2, 0.25) is 10.0 Å². The fraction of sp³-hybridized carbons (Fsp3) is 0.0870. The molecule has 4 nitrogen and oxygen atoms in total. The molecule has 0 fully saturated rings. The third-order valence-electron chi connectivity index (χ3n) is 4.60. The molecule has 0 bridgehead atoms. The molecule has 0 aliphatic carbocycles. The Bertz CT molecular complexity index is 1250. The summed E-state index contributed by atoms with van der Waals surface area (Å²) in [6, 6.07) is 18.7. The maximum Gasteiger partial charge on any atom is 0.387 e. The average molecular weight is 497 g/mol. The predicted molar refractivity (Wildman–Crippen MR) is 118 cm³/mol. The maximum atomic E-state index is 12.5. The second-order valence-corrected chi connectivity index (χ2v) is 7.57. The zero-order valence-electron chi connectivity index (χ0n) is 16.6. The van der Waals surface area contributed by atoms with Gasteiger partial charge in [0.2, 0.25) is 0 Å². The van der Waals surface area contributed by atoms with Crippen LogP contribution in [0.3, 0.4) is 0 Å². The van der Waals surface area contributed by atoms with Crippen LogP contribution in [0.25, 0.3) is 28.2 Å². The van der Waals surface area contributed by atoms with E-state index in [0.717, 1.165) is 0 Å². The molecule has 0 N–H and O–H groups in total. The second-order valence-electron chi connectivity index (χ2n) is 6.73. The molecule has 10 heteroatoms. The van der Waals surface area contributed by atoms with Crippen LogP contribution in [0.15, 0.2) is 72.8 Å². The van der Waals surface area contributed by atoms with Gasteiger partial charge >= 0.3 is 13.2 Å². The molecule has 3 aromatic carbocycles. The molecule has 0 saturated heterocycles. The van der Waals surface area contributed by atoms with E-state index in [2.05, 4.69) is 14.6 Å². The van der Waals surface area contributed by atoms with Crippen LogP contribution < -0.4 is 9.47 Å². The zero-order chi connectivity index (χ0) is 23.5. The molecular weight excluding hydrogens is 483 g/mol. The summed E-state index contributed by atoms with van der Waals surface area (Å²) in [4.78, 5) is 0. The van der Waals surface area contributed by atoms with Crippen molar-refractivity contribution in [3.63, 3.8) is 0 Å². The molecule has 0 saturated carbocycles. The first kappa shape index (κ1) is 22.9. The Balaban J connectivity index is 1.78. The van der Waals surface area contributed by atoms with E-state index in [0.29, 0.717) is 38.2 Å². The van der Waals surface area contributed by atoms with Gasteiger partial charge in [-0.15, -0.1) is 0 Å². The molecule has 0 amide bonds. The molecule has 0 unspecified atom stereocenters. The average Bonchev–Trinajstić information content (AvgIpc) is 3.19. The number of rotatable bonds is 7. The standard InChI is InChI=1S/C23H14Cl2F4N2O2/c24-15-5-10-20(18(25)11-15)31-21(14-3-8-17(9-4-14)33-23(28)29)12-19(30-31)13-1-6-16(7-2-13)32-22(26)27/h1-12,22-23H. The summed E-state index contributed by atoms with van der Waals surface area (Å²) in [7, 11) is 0. The van der Waals surface area contributed by atoms with E-state index >= 15 is 0 Å². The fourth-order valence-corrected chi connectivity index (χ4v) is 3.67. The molecule has 33 heavy (non-hydrogen) atoms. The first-order chi connectivity index (χ1) is 15.8. The van der Waals surface area contributed by atoms with Gasteiger partial charge in [0.05, 0.1) is 22.1 Å². The molecular formula is C23H14Cl2F4N2O2. The molecule has 0 spiro atoms. The number of ether oxygens (including phenoxy) is 2. The van der Waals surface area contributed by atoms with E-state index in [1.54, 1.807) is 53.2 Å². The Hall–Kier alpha value is -3.23. The lowest BCUT2D eigenvalue weighted by atomic mass is 10.1. The van der Waals surface area contributed by atoms with E-state index in [9.17, 15) is 17.6 Å². The fourth-order valence-electron chi connectivity index (χ4n) is 3.18. The van der Waals surface area contributed by atoms with Crippen molar-refractivity contribution >= 4 is 23.2 Å². The maximum absolute atomic E-state index is 12.5. The lowest BCUT2D eigenvalue weighted by Gasteiger charge is -2.10. The molecule has 0 atom stereocenters. The Morgan fingerprint density at radius 1 is 0.697 bits per heavy atom. The van der Waals surface area contributed by atoms with Gasteiger partial charge < -0.3 is 9.47 Å². The Labute approximate surface area is 195 Å². The number of benzene rings is 3. The van der Waals surface area contributed by atoms with Crippen LogP contribution in [0, 0.1) is 0 Å². The predicted octanol–water partition coefficient (Wildman–Crippen LogP) is 7.72. The number of hydrogen-bond donors (Lipinski definition) is 0. The van der Waals surface area contributed by atoms with Crippen LogP contribution >= 0.6 is 23.2 Å². The van der Waals surface area contributed by atoms with Crippen molar-refractivity contribution < 1.29 is 27.0 Å². The highest BCUT2D eigenvalue weighted by Crippen LogP contribution is 2.33. The topological polar surface area (TPSA) is 36.3 Å². The Kier molecular flexibility index (Phi) is 6.76. The Morgan fingerprint density at radius 3 is 1.76 bits per heavy atom. The second kappa shape index (κ2) is 9.72. The number of alkyl halides is 4. The molecule has 170 valence electrons. The van der Waals surface area contributed by atoms with Crippen molar-refractivity contribution in [1.29, 1.82) is 0 Å². The summed E-state index contributed by atoms with van der Waals surface area (Å²) in [5, 5.41) is 5.42. The molecule has 0 aliphatic heterocycles. The van der Waals surface area contributed by atoms with E-state index in [1.165, 1.54) is 24.3 Å². The molecule has 1 heterocycles. The molecule has 4 aromatic rings. The Morgan fingerprint density at radius 2 is 1.24 bits per heavy atom.